The molecule has 17 heavy (non-hydrogen) atoms. The zero-order valence-corrected chi connectivity index (χ0v) is 9.72. The SMILES string of the molecule is COC(=O)CCCCC(=O)n1cccc1C=O. The lowest BCUT2D eigenvalue weighted by atomic mass is 10.2. The Morgan fingerprint density at radius 1 is 1.35 bits per heavy atom. The van der Waals surface area contributed by atoms with Gasteiger partial charge in [0.25, 0.3) is 0 Å². The molecule has 0 aliphatic heterocycles. The molecule has 0 spiro atoms. The first kappa shape index (κ1) is 13.2. The predicted octanol–water partition coefficient (Wildman–Crippen LogP) is 1.67. The summed E-state index contributed by atoms with van der Waals surface area (Å²) < 4.78 is 5.82. The fraction of sp³-hybridized carbons (Fsp3) is 0.417. The van der Waals surface area contributed by atoms with Gasteiger partial charge in [-0.05, 0) is 25.0 Å². The van der Waals surface area contributed by atoms with Gasteiger partial charge in [0.05, 0.1) is 12.8 Å². The van der Waals surface area contributed by atoms with Gasteiger partial charge in [0, 0.05) is 19.0 Å². The van der Waals surface area contributed by atoms with Crippen LogP contribution in [0.1, 0.15) is 41.0 Å². The second-order valence-corrected chi connectivity index (χ2v) is 3.60. The van der Waals surface area contributed by atoms with Crippen LogP contribution >= 0.6 is 0 Å². The zero-order valence-electron chi connectivity index (χ0n) is 9.72. The molecule has 5 nitrogen and oxygen atoms in total. The van der Waals surface area contributed by atoms with Crippen LogP contribution in [0.25, 0.3) is 0 Å². The lowest BCUT2D eigenvalue weighted by Gasteiger charge is -2.03. The Kier molecular flexibility index (Phi) is 5.13. The molecule has 0 atom stereocenters. The smallest absolute Gasteiger partial charge is 0.305 e. The number of aromatic nitrogens is 1. The molecule has 1 aromatic heterocycles. The molecule has 0 saturated heterocycles. The van der Waals surface area contributed by atoms with Crippen LogP contribution in [0, 0.1) is 0 Å². The molecule has 0 amide bonds. The van der Waals surface area contributed by atoms with Crippen LogP contribution in [-0.2, 0) is 9.53 Å². The van der Waals surface area contributed by atoms with Crippen molar-refractivity contribution in [1.29, 1.82) is 0 Å². The average molecular weight is 237 g/mol. The molecule has 0 saturated carbocycles. The van der Waals surface area contributed by atoms with Crippen molar-refractivity contribution in [1.82, 2.24) is 4.57 Å². The van der Waals surface area contributed by atoms with Crippen LogP contribution in [0.4, 0.5) is 0 Å². The van der Waals surface area contributed by atoms with Gasteiger partial charge in [-0.1, -0.05) is 0 Å². The number of carbonyl (C=O) groups excluding carboxylic acids is 3. The molecule has 92 valence electrons. The van der Waals surface area contributed by atoms with Gasteiger partial charge in [-0.15, -0.1) is 0 Å². The van der Waals surface area contributed by atoms with Crippen LogP contribution in [-0.4, -0.2) is 29.8 Å². The summed E-state index contributed by atoms with van der Waals surface area (Å²) in [5.74, 6) is -0.408. The third-order valence-corrected chi connectivity index (χ3v) is 2.42. The lowest BCUT2D eigenvalue weighted by molar-refractivity contribution is -0.140. The molecule has 0 aromatic carbocycles. The second-order valence-electron chi connectivity index (χ2n) is 3.60. The van der Waals surface area contributed by atoms with Gasteiger partial charge in [0.15, 0.2) is 6.29 Å². The highest BCUT2D eigenvalue weighted by Crippen LogP contribution is 2.06. The van der Waals surface area contributed by atoms with Gasteiger partial charge < -0.3 is 4.74 Å². The van der Waals surface area contributed by atoms with E-state index in [1.54, 1.807) is 18.3 Å². The predicted molar refractivity (Wildman–Crippen MR) is 60.9 cm³/mol. The second kappa shape index (κ2) is 6.62. The largest absolute Gasteiger partial charge is 0.469 e. The Morgan fingerprint density at radius 2 is 2.06 bits per heavy atom. The number of carbonyl (C=O) groups is 3. The van der Waals surface area contributed by atoms with Crippen LogP contribution in [0.5, 0.6) is 0 Å². The number of aldehydes is 1. The van der Waals surface area contributed by atoms with Gasteiger partial charge >= 0.3 is 5.97 Å². The molecule has 0 radical (unpaired) electrons. The van der Waals surface area contributed by atoms with E-state index < -0.39 is 0 Å². The average Bonchev–Trinajstić information content (AvgIpc) is 2.82. The quantitative estimate of drug-likeness (QED) is 0.429. The Balaban J connectivity index is 2.35. The van der Waals surface area contributed by atoms with Crippen molar-refractivity contribution in [2.45, 2.75) is 25.7 Å². The minimum atomic E-state index is -0.271. The highest BCUT2D eigenvalue weighted by atomic mass is 16.5. The fourth-order valence-corrected chi connectivity index (χ4v) is 1.49. The zero-order chi connectivity index (χ0) is 12.7. The van der Waals surface area contributed by atoms with Gasteiger partial charge in [-0.25, -0.2) is 0 Å². The molecule has 0 aliphatic carbocycles. The van der Waals surface area contributed by atoms with E-state index in [0.29, 0.717) is 37.7 Å². The summed E-state index contributed by atoms with van der Waals surface area (Å²) in [5, 5.41) is 0. The van der Waals surface area contributed by atoms with Crippen LogP contribution in [0.2, 0.25) is 0 Å². The number of hydrogen-bond acceptors (Lipinski definition) is 4. The molecular weight excluding hydrogens is 222 g/mol. The molecule has 0 N–H and O–H groups in total. The minimum absolute atomic E-state index is 0.137. The molecule has 0 fully saturated rings. The molecule has 1 heterocycles. The summed E-state index contributed by atoms with van der Waals surface area (Å²) in [4.78, 5) is 33.1. The van der Waals surface area contributed by atoms with Crippen LogP contribution < -0.4 is 0 Å². The maximum absolute atomic E-state index is 11.7. The summed E-state index contributed by atoms with van der Waals surface area (Å²) in [6.45, 7) is 0. The summed E-state index contributed by atoms with van der Waals surface area (Å²) in [6, 6.07) is 3.23. The number of hydrogen-bond donors (Lipinski definition) is 0. The third-order valence-electron chi connectivity index (χ3n) is 2.42. The first-order valence-corrected chi connectivity index (χ1v) is 5.41. The standard InChI is InChI=1S/C12H15NO4/c1-17-12(16)7-3-2-6-11(15)13-8-4-5-10(13)9-14/h4-5,8-9H,2-3,6-7H2,1H3. The molecule has 1 aromatic rings. The van der Waals surface area contributed by atoms with Crippen molar-refractivity contribution in [2.75, 3.05) is 7.11 Å². The Morgan fingerprint density at radius 3 is 2.71 bits per heavy atom. The van der Waals surface area contributed by atoms with E-state index in [9.17, 15) is 14.4 Å². The first-order chi connectivity index (χ1) is 8.19. The van der Waals surface area contributed by atoms with Crippen molar-refractivity contribution in [3.63, 3.8) is 0 Å². The van der Waals surface area contributed by atoms with Crippen molar-refractivity contribution < 1.29 is 19.1 Å². The minimum Gasteiger partial charge on any atom is -0.469 e. The number of esters is 1. The van der Waals surface area contributed by atoms with Gasteiger partial charge in [0.1, 0.15) is 0 Å². The molecule has 0 unspecified atom stereocenters. The molecule has 0 aliphatic rings. The highest BCUT2D eigenvalue weighted by Gasteiger charge is 2.08. The third kappa shape index (κ3) is 3.86. The Hall–Kier alpha value is -1.91. The summed E-state index contributed by atoms with van der Waals surface area (Å²) in [7, 11) is 1.34. The number of rotatable bonds is 6. The summed E-state index contributed by atoms with van der Waals surface area (Å²) in [5.41, 5.74) is 0.350. The number of methoxy groups -OCH3 is 1. The monoisotopic (exact) mass is 237 g/mol. The molecular formula is C12H15NO4. The number of ether oxygens (including phenoxy) is 1. The number of unbranched alkanes of at least 4 members (excludes halogenated alkanes) is 1. The van der Waals surface area contributed by atoms with Crippen molar-refractivity contribution in [2.24, 2.45) is 0 Å². The van der Waals surface area contributed by atoms with Gasteiger partial charge in [0.2, 0.25) is 5.91 Å². The van der Waals surface area contributed by atoms with Crippen molar-refractivity contribution in [3.8, 4) is 0 Å². The highest BCUT2D eigenvalue weighted by molar-refractivity contribution is 5.86. The Labute approximate surface area is 99.4 Å². The van der Waals surface area contributed by atoms with E-state index >= 15 is 0 Å². The van der Waals surface area contributed by atoms with Gasteiger partial charge in [-0.2, -0.15) is 0 Å². The fourth-order valence-electron chi connectivity index (χ4n) is 1.49. The van der Waals surface area contributed by atoms with Crippen molar-refractivity contribution in [3.05, 3.63) is 24.0 Å². The van der Waals surface area contributed by atoms with E-state index in [2.05, 4.69) is 4.74 Å². The maximum atomic E-state index is 11.7. The normalized spacial score (nSPS) is 9.94. The lowest BCUT2D eigenvalue weighted by Crippen LogP contribution is -2.12. The van der Waals surface area contributed by atoms with E-state index in [0.717, 1.165) is 0 Å². The molecule has 5 heteroatoms. The van der Waals surface area contributed by atoms with Crippen molar-refractivity contribution >= 4 is 18.2 Å². The van der Waals surface area contributed by atoms with Crippen LogP contribution in [0.3, 0.4) is 0 Å². The number of nitrogens with zero attached hydrogens (tertiary/aromatic N) is 1. The van der Waals surface area contributed by atoms with E-state index in [1.807, 2.05) is 0 Å². The van der Waals surface area contributed by atoms with E-state index in [-0.39, 0.29) is 11.9 Å². The summed E-state index contributed by atoms with van der Waals surface area (Å²) >= 11 is 0. The molecule has 1 rings (SSSR count). The van der Waals surface area contributed by atoms with Gasteiger partial charge in [-0.3, -0.25) is 19.0 Å². The first-order valence-electron chi connectivity index (χ1n) is 5.41. The summed E-state index contributed by atoms with van der Waals surface area (Å²) in [6.07, 6.45) is 4.04. The maximum Gasteiger partial charge on any atom is 0.305 e. The van der Waals surface area contributed by atoms with E-state index in [4.69, 9.17) is 0 Å². The van der Waals surface area contributed by atoms with Crippen LogP contribution in [0.15, 0.2) is 18.3 Å². The topological polar surface area (TPSA) is 65.4 Å². The van der Waals surface area contributed by atoms with E-state index in [1.165, 1.54) is 11.7 Å². The molecule has 0 bridgehead atoms. The Bertz CT molecular complexity index is 408.